The average Bonchev–Trinajstić information content (AvgIpc) is 1.83. The maximum absolute atomic E-state index is 5.81. The van der Waals surface area contributed by atoms with Gasteiger partial charge in [-0.15, -0.1) is 0 Å². The van der Waals surface area contributed by atoms with Gasteiger partial charge in [0.25, 0.3) is 0 Å². The molecule has 3 nitrogen and oxygen atoms in total. The summed E-state index contributed by atoms with van der Waals surface area (Å²) < 4.78 is 5.35. The van der Waals surface area contributed by atoms with E-state index in [0.29, 0.717) is 6.04 Å². The number of nitrogens with two attached hydrogens (primary N) is 1. The number of rotatable bonds is 0. The maximum atomic E-state index is 5.81. The third kappa shape index (κ3) is 1.31. The van der Waals surface area contributed by atoms with Gasteiger partial charge in [0.1, 0.15) is 0 Å². The zero-order valence-corrected chi connectivity index (χ0v) is 6.92. The minimum Gasteiger partial charge on any atom is -0.378 e. The summed E-state index contributed by atoms with van der Waals surface area (Å²) in [6, 6.07) is 0.337. The van der Waals surface area contributed by atoms with E-state index in [9.17, 15) is 0 Å². The molecule has 0 aromatic heterocycles. The topological polar surface area (TPSA) is 38.5 Å². The largest absolute Gasteiger partial charge is 0.378 e. The fourth-order valence-electron chi connectivity index (χ4n) is 1.23. The lowest BCUT2D eigenvalue weighted by molar-refractivity contribution is -0.0849. The van der Waals surface area contributed by atoms with Crippen LogP contribution >= 0.6 is 0 Å². The molecule has 0 amide bonds. The maximum Gasteiger partial charge on any atom is 0.0659 e. The van der Waals surface area contributed by atoms with Crippen molar-refractivity contribution in [2.75, 3.05) is 13.2 Å². The molecule has 0 radical (unpaired) electrons. The van der Waals surface area contributed by atoms with E-state index >= 15 is 0 Å². The lowest BCUT2D eigenvalue weighted by Gasteiger charge is -2.42. The first-order chi connectivity index (χ1) is 4.54. The van der Waals surface area contributed by atoms with Crippen LogP contribution in [0.3, 0.4) is 0 Å². The van der Waals surface area contributed by atoms with Crippen LogP contribution in [0.15, 0.2) is 0 Å². The highest BCUT2D eigenvalue weighted by Crippen LogP contribution is 2.18. The van der Waals surface area contributed by atoms with Gasteiger partial charge in [-0.2, -0.15) is 0 Å². The second-order valence-corrected chi connectivity index (χ2v) is 3.58. The Kier molecular flexibility index (Phi) is 1.99. The van der Waals surface area contributed by atoms with Crippen LogP contribution in [0.4, 0.5) is 0 Å². The van der Waals surface area contributed by atoms with Gasteiger partial charge >= 0.3 is 0 Å². The molecule has 1 unspecified atom stereocenters. The van der Waals surface area contributed by atoms with Gasteiger partial charge in [-0.1, -0.05) is 0 Å². The summed E-state index contributed by atoms with van der Waals surface area (Å²) in [6.07, 6.45) is 0. The van der Waals surface area contributed by atoms with E-state index in [1.165, 1.54) is 0 Å². The molecule has 3 heteroatoms. The number of hydrazine groups is 1. The van der Waals surface area contributed by atoms with Crippen LogP contribution in [0, 0.1) is 0 Å². The van der Waals surface area contributed by atoms with Crippen molar-refractivity contribution in [1.82, 2.24) is 5.01 Å². The SMILES string of the molecule is CC1COCC(C)(C)N1N. The van der Waals surface area contributed by atoms with Crippen LogP contribution in [0.25, 0.3) is 0 Å². The first-order valence-electron chi connectivity index (χ1n) is 3.66. The molecule has 1 atom stereocenters. The van der Waals surface area contributed by atoms with Gasteiger partial charge in [0.15, 0.2) is 0 Å². The molecule has 1 aliphatic heterocycles. The van der Waals surface area contributed by atoms with Gasteiger partial charge in [-0.25, -0.2) is 5.01 Å². The molecule has 0 aromatic carbocycles. The Hall–Kier alpha value is -0.120. The standard InChI is InChI=1S/C7H16N2O/c1-6-4-10-5-7(2,3)9(6)8/h6H,4-5,8H2,1-3H3. The van der Waals surface area contributed by atoms with Gasteiger partial charge in [0.05, 0.1) is 18.8 Å². The highest BCUT2D eigenvalue weighted by molar-refractivity contribution is 4.84. The summed E-state index contributed by atoms with van der Waals surface area (Å²) in [6.45, 7) is 7.72. The second kappa shape index (κ2) is 2.49. The Bertz CT molecular complexity index is 125. The quantitative estimate of drug-likeness (QED) is 0.499. The first-order valence-corrected chi connectivity index (χ1v) is 3.66. The Morgan fingerprint density at radius 1 is 1.60 bits per heavy atom. The van der Waals surface area contributed by atoms with Gasteiger partial charge in [-0.05, 0) is 20.8 Å². The minimum absolute atomic E-state index is 0.00231. The van der Waals surface area contributed by atoms with Crippen LogP contribution in [-0.2, 0) is 4.74 Å². The van der Waals surface area contributed by atoms with Gasteiger partial charge in [0.2, 0.25) is 0 Å². The molecule has 1 rings (SSSR count). The van der Waals surface area contributed by atoms with Gasteiger partial charge < -0.3 is 4.74 Å². The zero-order valence-electron chi connectivity index (χ0n) is 6.92. The summed E-state index contributed by atoms with van der Waals surface area (Å²) in [7, 11) is 0. The van der Waals surface area contributed by atoms with E-state index in [-0.39, 0.29) is 5.54 Å². The molecule has 0 aromatic rings. The second-order valence-electron chi connectivity index (χ2n) is 3.58. The van der Waals surface area contributed by atoms with Crippen LogP contribution in [0.2, 0.25) is 0 Å². The lowest BCUT2D eigenvalue weighted by atomic mass is 10.0. The van der Waals surface area contributed by atoms with E-state index in [1.54, 1.807) is 0 Å². The Morgan fingerprint density at radius 2 is 2.20 bits per heavy atom. The first kappa shape index (κ1) is 7.98. The third-order valence-corrected chi connectivity index (χ3v) is 1.99. The predicted octanol–water partition coefficient (Wildman–Crippen LogP) is 0.359. The Balaban J connectivity index is 2.60. The lowest BCUT2D eigenvalue weighted by Crippen LogP contribution is -2.60. The molecule has 0 spiro atoms. The number of ether oxygens (including phenoxy) is 1. The summed E-state index contributed by atoms with van der Waals surface area (Å²) in [5.41, 5.74) is -0.00231. The molecular weight excluding hydrogens is 128 g/mol. The minimum atomic E-state index is -0.00231. The zero-order chi connectivity index (χ0) is 7.78. The van der Waals surface area contributed by atoms with E-state index in [0.717, 1.165) is 13.2 Å². The number of hydrogen-bond acceptors (Lipinski definition) is 3. The molecule has 1 saturated heterocycles. The average molecular weight is 144 g/mol. The van der Waals surface area contributed by atoms with Crippen LogP contribution in [0.1, 0.15) is 20.8 Å². The Morgan fingerprint density at radius 3 is 2.60 bits per heavy atom. The van der Waals surface area contributed by atoms with Crippen molar-refractivity contribution in [3.63, 3.8) is 0 Å². The fraction of sp³-hybridized carbons (Fsp3) is 1.00. The molecule has 2 N–H and O–H groups in total. The smallest absolute Gasteiger partial charge is 0.0659 e. The van der Waals surface area contributed by atoms with Crippen molar-refractivity contribution in [2.24, 2.45) is 5.84 Å². The molecule has 10 heavy (non-hydrogen) atoms. The van der Waals surface area contributed by atoms with Gasteiger partial charge in [0, 0.05) is 6.04 Å². The molecule has 0 bridgehead atoms. The molecular formula is C7H16N2O. The summed E-state index contributed by atoms with van der Waals surface area (Å²) in [5.74, 6) is 5.81. The number of hydrogen-bond donors (Lipinski definition) is 1. The van der Waals surface area contributed by atoms with Crippen molar-refractivity contribution < 1.29 is 4.74 Å². The van der Waals surface area contributed by atoms with Crippen molar-refractivity contribution in [1.29, 1.82) is 0 Å². The van der Waals surface area contributed by atoms with Crippen molar-refractivity contribution in [2.45, 2.75) is 32.4 Å². The van der Waals surface area contributed by atoms with Crippen molar-refractivity contribution in [3.05, 3.63) is 0 Å². The van der Waals surface area contributed by atoms with Gasteiger partial charge in [-0.3, -0.25) is 5.84 Å². The van der Waals surface area contributed by atoms with Crippen molar-refractivity contribution in [3.8, 4) is 0 Å². The van der Waals surface area contributed by atoms with E-state index in [1.807, 2.05) is 5.01 Å². The monoisotopic (exact) mass is 144 g/mol. The van der Waals surface area contributed by atoms with E-state index < -0.39 is 0 Å². The summed E-state index contributed by atoms with van der Waals surface area (Å²) >= 11 is 0. The number of morpholine rings is 1. The summed E-state index contributed by atoms with van der Waals surface area (Å²) in [4.78, 5) is 0. The fourth-order valence-corrected chi connectivity index (χ4v) is 1.23. The molecule has 0 saturated carbocycles. The van der Waals surface area contributed by atoms with Crippen LogP contribution in [-0.4, -0.2) is 29.8 Å². The third-order valence-electron chi connectivity index (χ3n) is 1.99. The molecule has 60 valence electrons. The highest BCUT2D eigenvalue weighted by atomic mass is 16.5. The number of nitrogens with zero attached hydrogens (tertiary/aromatic N) is 1. The summed E-state index contributed by atoms with van der Waals surface area (Å²) in [5, 5.41) is 1.87. The van der Waals surface area contributed by atoms with Crippen molar-refractivity contribution >= 4 is 0 Å². The molecule has 1 fully saturated rings. The highest BCUT2D eigenvalue weighted by Gasteiger charge is 2.32. The molecule has 1 aliphatic rings. The Labute approximate surface area is 62.1 Å². The van der Waals surface area contributed by atoms with Crippen LogP contribution in [0.5, 0.6) is 0 Å². The van der Waals surface area contributed by atoms with Crippen LogP contribution < -0.4 is 5.84 Å². The normalized spacial score (nSPS) is 34.2. The molecule has 1 heterocycles. The predicted molar refractivity (Wildman–Crippen MR) is 40.4 cm³/mol. The molecule has 0 aliphatic carbocycles. The van der Waals surface area contributed by atoms with E-state index in [4.69, 9.17) is 10.6 Å². The van der Waals surface area contributed by atoms with E-state index in [2.05, 4.69) is 20.8 Å².